The summed E-state index contributed by atoms with van der Waals surface area (Å²) < 4.78 is 5.74. The third kappa shape index (κ3) is 2.00. The molecule has 0 bridgehead atoms. The van der Waals surface area contributed by atoms with E-state index in [1.807, 2.05) is 7.05 Å². The van der Waals surface area contributed by atoms with Gasteiger partial charge in [0.1, 0.15) is 5.54 Å². The van der Waals surface area contributed by atoms with Crippen molar-refractivity contribution in [2.75, 3.05) is 20.2 Å². The van der Waals surface area contributed by atoms with Crippen LogP contribution in [-0.4, -0.2) is 42.6 Å². The van der Waals surface area contributed by atoms with Gasteiger partial charge in [-0.1, -0.05) is 34.6 Å². The lowest BCUT2D eigenvalue weighted by Gasteiger charge is -2.61. The molecule has 0 radical (unpaired) electrons. The molecule has 4 heteroatoms. The van der Waals surface area contributed by atoms with Crippen LogP contribution in [0, 0.1) is 16.7 Å². The van der Waals surface area contributed by atoms with Crippen molar-refractivity contribution in [1.29, 1.82) is 0 Å². The summed E-state index contributed by atoms with van der Waals surface area (Å²) in [5.41, 5.74) is 5.59. The Morgan fingerprint density at radius 3 is 2.53 bits per heavy atom. The molecule has 2 rings (SSSR count). The molecule has 1 aliphatic carbocycles. The molecule has 1 aliphatic heterocycles. The lowest BCUT2D eigenvalue weighted by molar-refractivity contribution is -0.184. The molecule has 1 saturated carbocycles. The van der Waals surface area contributed by atoms with Crippen molar-refractivity contribution in [2.24, 2.45) is 22.5 Å². The fraction of sp³-hybridized carbons (Fsp3) is 0.933. The SMILES string of the molecule is CN(CC(C)(C)C)C(=O)C1(N)C2CCOC2C1(C)C. The number of hydrogen-bond donors (Lipinski definition) is 1. The number of amides is 1. The summed E-state index contributed by atoms with van der Waals surface area (Å²) in [4.78, 5) is 14.6. The predicted octanol–water partition coefficient (Wildman–Crippen LogP) is 1.63. The Labute approximate surface area is 116 Å². The topological polar surface area (TPSA) is 55.6 Å². The molecule has 4 nitrogen and oxygen atoms in total. The molecule has 1 amide bonds. The maximum Gasteiger partial charge on any atom is 0.243 e. The van der Waals surface area contributed by atoms with Crippen LogP contribution in [-0.2, 0) is 9.53 Å². The molecule has 2 aliphatic rings. The molecule has 0 spiro atoms. The number of likely N-dealkylation sites (N-methyl/N-ethyl adjacent to an activating group) is 1. The van der Waals surface area contributed by atoms with Gasteiger partial charge in [0.2, 0.25) is 5.91 Å². The Morgan fingerprint density at radius 1 is 1.42 bits per heavy atom. The molecule has 1 heterocycles. The Balaban J connectivity index is 2.18. The summed E-state index contributed by atoms with van der Waals surface area (Å²) >= 11 is 0. The summed E-state index contributed by atoms with van der Waals surface area (Å²) in [7, 11) is 1.86. The molecular formula is C15H28N2O2. The van der Waals surface area contributed by atoms with Crippen molar-refractivity contribution < 1.29 is 9.53 Å². The molecular weight excluding hydrogens is 240 g/mol. The van der Waals surface area contributed by atoms with Crippen molar-refractivity contribution >= 4 is 5.91 Å². The minimum atomic E-state index is -0.770. The van der Waals surface area contributed by atoms with E-state index in [1.165, 1.54) is 0 Å². The van der Waals surface area contributed by atoms with Crippen LogP contribution in [0.4, 0.5) is 0 Å². The minimum Gasteiger partial charge on any atom is -0.377 e. The molecule has 0 aromatic carbocycles. The van der Waals surface area contributed by atoms with Gasteiger partial charge in [0.25, 0.3) is 0 Å². The van der Waals surface area contributed by atoms with Gasteiger partial charge >= 0.3 is 0 Å². The molecule has 19 heavy (non-hydrogen) atoms. The Hall–Kier alpha value is -0.610. The van der Waals surface area contributed by atoms with E-state index in [-0.39, 0.29) is 28.8 Å². The number of rotatable bonds is 2. The van der Waals surface area contributed by atoms with Crippen LogP contribution in [0.3, 0.4) is 0 Å². The predicted molar refractivity (Wildman–Crippen MR) is 75.6 cm³/mol. The largest absolute Gasteiger partial charge is 0.377 e. The number of fused-ring (bicyclic) bond motifs is 1. The van der Waals surface area contributed by atoms with E-state index in [1.54, 1.807) is 4.90 Å². The molecule has 2 N–H and O–H groups in total. The van der Waals surface area contributed by atoms with Crippen molar-refractivity contribution in [3.05, 3.63) is 0 Å². The van der Waals surface area contributed by atoms with E-state index >= 15 is 0 Å². The number of nitrogens with zero attached hydrogens (tertiary/aromatic N) is 1. The van der Waals surface area contributed by atoms with Crippen LogP contribution >= 0.6 is 0 Å². The molecule has 3 atom stereocenters. The lowest BCUT2D eigenvalue weighted by Crippen LogP contribution is -2.80. The van der Waals surface area contributed by atoms with Gasteiger partial charge in [-0.2, -0.15) is 0 Å². The summed E-state index contributed by atoms with van der Waals surface area (Å²) in [5.74, 6) is 0.247. The van der Waals surface area contributed by atoms with Gasteiger partial charge in [0, 0.05) is 31.5 Å². The van der Waals surface area contributed by atoms with Gasteiger partial charge in [-0.05, 0) is 11.8 Å². The third-order valence-corrected chi connectivity index (χ3v) is 4.87. The van der Waals surface area contributed by atoms with Gasteiger partial charge < -0.3 is 15.4 Å². The Morgan fingerprint density at radius 2 is 2.00 bits per heavy atom. The number of carbonyl (C=O) groups is 1. The normalized spacial score (nSPS) is 36.6. The second-order valence-electron chi connectivity index (χ2n) is 8.00. The molecule has 3 unspecified atom stereocenters. The highest BCUT2D eigenvalue weighted by Gasteiger charge is 2.71. The number of hydrogen-bond acceptors (Lipinski definition) is 3. The third-order valence-electron chi connectivity index (χ3n) is 4.87. The Bertz CT molecular complexity index is 386. The zero-order valence-corrected chi connectivity index (χ0v) is 13.1. The van der Waals surface area contributed by atoms with Crippen LogP contribution in [0.1, 0.15) is 41.0 Å². The van der Waals surface area contributed by atoms with E-state index in [4.69, 9.17) is 10.5 Å². The number of nitrogens with two attached hydrogens (primary N) is 1. The first-order valence-electron chi connectivity index (χ1n) is 7.18. The summed E-state index contributed by atoms with van der Waals surface area (Å²) in [6.45, 7) is 12.0. The van der Waals surface area contributed by atoms with E-state index in [2.05, 4.69) is 34.6 Å². The fourth-order valence-corrected chi connectivity index (χ4v) is 3.92. The van der Waals surface area contributed by atoms with Crippen molar-refractivity contribution in [3.8, 4) is 0 Å². The maximum atomic E-state index is 12.8. The number of ether oxygens (including phenoxy) is 1. The van der Waals surface area contributed by atoms with E-state index in [9.17, 15) is 4.79 Å². The first-order valence-corrected chi connectivity index (χ1v) is 7.18. The van der Waals surface area contributed by atoms with Gasteiger partial charge in [0.15, 0.2) is 0 Å². The van der Waals surface area contributed by atoms with Crippen LogP contribution in [0.2, 0.25) is 0 Å². The summed E-state index contributed by atoms with van der Waals surface area (Å²) in [6.07, 6.45) is 1.05. The molecule has 0 aromatic heterocycles. The van der Waals surface area contributed by atoms with E-state index in [0.29, 0.717) is 0 Å². The van der Waals surface area contributed by atoms with Crippen molar-refractivity contribution in [2.45, 2.75) is 52.7 Å². The van der Waals surface area contributed by atoms with Crippen molar-refractivity contribution in [1.82, 2.24) is 4.90 Å². The second kappa shape index (κ2) is 4.19. The highest BCUT2D eigenvalue weighted by molar-refractivity contribution is 5.89. The average molecular weight is 268 g/mol. The van der Waals surface area contributed by atoms with Crippen LogP contribution < -0.4 is 5.73 Å². The van der Waals surface area contributed by atoms with Gasteiger partial charge in [-0.15, -0.1) is 0 Å². The smallest absolute Gasteiger partial charge is 0.243 e. The first kappa shape index (κ1) is 14.8. The van der Waals surface area contributed by atoms with Gasteiger partial charge in [0.05, 0.1) is 6.10 Å². The minimum absolute atomic E-state index is 0.0687. The van der Waals surface area contributed by atoms with Gasteiger partial charge in [-0.3, -0.25) is 4.79 Å². The quantitative estimate of drug-likeness (QED) is 0.828. The molecule has 0 aromatic rings. The lowest BCUT2D eigenvalue weighted by atomic mass is 9.47. The highest BCUT2D eigenvalue weighted by Crippen LogP contribution is 2.58. The zero-order chi connectivity index (χ0) is 14.6. The monoisotopic (exact) mass is 268 g/mol. The second-order valence-corrected chi connectivity index (χ2v) is 8.00. The molecule has 1 saturated heterocycles. The number of carbonyl (C=O) groups excluding carboxylic acids is 1. The molecule has 110 valence electrons. The maximum absolute atomic E-state index is 12.8. The van der Waals surface area contributed by atoms with Crippen molar-refractivity contribution in [3.63, 3.8) is 0 Å². The van der Waals surface area contributed by atoms with Crippen LogP contribution in [0.5, 0.6) is 0 Å². The Kier molecular flexibility index (Phi) is 3.26. The average Bonchev–Trinajstić information content (AvgIpc) is 2.72. The molecule has 2 fully saturated rings. The van der Waals surface area contributed by atoms with Crippen LogP contribution in [0.25, 0.3) is 0 Å². The summed E-state index contributed by atoms with van der Waals surface area (Å²) in [5, 5.41) is 0. The fourth-order valence-electron chi connectivity index (χ4n) is 3.92. The highest BCUT2D eigenvalue weighted by atomic mass is 16.5. The standard InChI is InChI=1S/C15H28N2O2/c1-13(2,3)9-17(6)12(18)15(16)10-7-8-19-11(10)14(15,4)5/h10-11H,7-9,16H2,1-6H3. The summed E-state index contributed by atoms with van der Waals surface area (Å²) in [6, 6.07) is 0. The van der Waals surface area contributed by atoms with E-state index in [0.717, 1.165) is 19.6 Å². The van der Waals surface area contributed by atoms with Crippen LogP contribution in [0.15, 0.2) is 0 Å². The zero-order valence-electron chi connectivity index (χ0n) is 13.1. The van der Waals surface area contributed by atoms with Gasteiger partial charge in [-0.25, -0.2) is 0 Å². The first-order chi connectivity index (χ1) is 8.52. The van der Waals surface area contributed by atoms with E-state index < -0.39 is 5.54 Å².